The van der Waals surface area contributed by atoms with Gasteiger partial charge in [-0.2, -0.15) is 0 Å². The fourth-order valence-electron chi connectivity index (χ4n) is 0.763. The highest BCUT2D eigenvalue weighted by Crippen LogP contribution is 2.00. The van der Waals surface area contributed by atoms with Gasteiger partial charge in [0.1, 0.15) is 5.78 Å². The van der Waals surface area contributed by atoms with Gasteiger partial charge in [-0.3, -0.25) is 9.59 Å². The second kappa shape index (κ2) is 5.70. The Hall–Kier alpha value is -0.900. The van der Waals surface area contributed by atoms with Crippen LogP contribution in [0.1, 0.15) is 20.3 Å². The van der Waals surface area contributed by atoms with E-state index in [2.05, 4.69) is 0 Å². The molecule has 0 saturated heterocycles. The van der Waals surface area contributed by atoms with E-state index in [1.807, 2.05) is 0 Å². The maximum absolute atomic E-state index is 11.2. The lowest BCUT2D eigenvalue weighted by atomic mass is 10.1. The Balaban J connectivity index is 3.93. The molecule has 0 saturated carbocycles. The van der Waals surface area contributed by atoms with E-state index in [4.69, 9.17) is 5.11 Å². The minimum atomic E-state index is -0.229. The molecule has 0 aliphatic heterocycles. The largest absolute Gasteiger partial charge is 0.395 e. The molecule has 0 radical (unpaired) electrons. The van der Waals surface area contributed by atoms with Crippen molar-refractivity contribution in [1.82, 2.24) is 4.90 Å². The molecule has 4 nitrogen and oxygen atoms in total. The van der Waals surface area contributed by atoms with Crippen molar-refractivity contribution in [2.24, 2.45) is 5.92 Å². The Kier molecular flexibility index (Phi) is 5.30. The van der Waals surface area contributed by atoms with Crippen LogP contribution in [0.15, 0.2) is 0 Å². The summed E-state index contributed by atoms with van der Waals surface area (Å²) in [6, 6.07) is 0. The van der Waals surface area contributed by atoms with Gasteiger partial charge in [-0.05, 0) is 0 Å². The highest BCUT2D eigenvalue weighted by molar-refractivity contribution is 5.98. The zero-order chi connectivity index (χ0) is 10.4. The average molecular weight is 187 g/mol. The van der Waals surface area contributed by atoms with E-state index in [1.54, 1.807) is 20.9 Å². The average Bonchev–Trinajstić information content (AvgIpc) is 2.04. The van der Waals surface area contributed by atoms with Crippen LogP contribution in [0, 0.1) is 5.92 Å². The van der Waals surface area contributed by atoms with Gasteiger partial charge in [-0.25, -0.2) is 0 Å². The summed E-state index contributed by atoms with van der Waals surface area (Å²) >= 11 is 0. The van der Waals surface area contributed by atoms with Crippen LogP contribution in [-0.2, 0) is 9.59 Å². The Labute approximate surface area is 78.5 Å². The molecule has 76 valence electrons. The van der Waals surface area contributed by atoms with Gasteiger partial charge < -0.3 is 10.0 Å². The van der Waals surface area contributed by atoms with E-state index in [1.165, 1.54) is 4.90 Å². The molecule has 0 unspecified atom stereocenters. The Bertz CT molecular complexity index is 189. The van der Waals surface area contributed by atoms with Gasteiger partial charge in [-0.1, -0.05) is 13.8 Å². The van der Waals surface area contributed by atoms with Crippen LogP contribution < -0.4 is 0 Å². The van der Waals surface area contributed by atoms with Gasteiger partial charge in [0.05, 0.1) is 13.0 Å². The van der Waals surface area contributed by atoms with Gasteiger partial charge in [0, 0.05) is 19.5 Å². The van der Waals surface area contributed by atoms with Crippen molar-refractivity contribution < 1.29 is 14.7 Å². The van der Waals surface area contributed by atoms with Crippen molar-refractivity contribution in [3.8, 4) is 0 Å². The van der Waals surface area contributed by atoms with Gasteiger partial charge in [0.15, 0.2) is 0 Å². The van der Waals surface area contributed by atoms with Crippen molar-refractivity contribution in [3.05, 3.63) is 0 Å². The number of hydrogen-bond donors (Lipinski definition) is 1. The first-order chi connectivity index (χ1) is 5.99. The molecule has 0 aliphatic rings. The quantitative estimate of drug-likeness (QED) is 0.619. The van der Waals surface area contributed by atoms with Gasteiger partial charge >= 0.3 is 0 Å². The summed E-state index contributed by atoms with van der Waals surface area (Å²) in [6.07, 6.45) is -0.0613. The summed E-state index contributed by atoms with van der Waals surface area (Å²) in [5.41, 5.74) is 0. The van der Waals surface area contributed by atoms with E-state index in [0.717, 1.165) is 0 Å². The highest BCUT2D eigenvalue weighted by atomic mass is 16.3. The first kappa shape index (κ1) is 12.1. The third kappa shape index (κ3) is 4.62. The van der Waals surface area contributed by atoms with E-state index < -0.39 is 0 Å². The summed E-state index contributed by atoms with van der Waals surface area (Å²) in [5.74, 6) is -0.394. The maximum atomic E-state index is 11.2. The fraction of sp³-hybridized carbons (Fsp3) is 0.778. The number of nitrogens with zero attached hydrogens (tertiary/aromatic N) is 1. The molecule has 0 heterocycles. The number of aliphatic hydroxyl groups is 1. The molecule has 0 fully saturated rings. The van der Waals surface area contributed by atoms with Crippen molar-refractivity contribution in [2.75, 3.05) is 20.2 Å². The third-order valence-electron chi connectivity index (χ3n) is 1.83. The number of likely N-dealkylation sites (N-methyl/N-ethyl adjacent to an activating group) is 1. The lowest BCUT2D eigenvalue weighted by molar-refractivity contribution is -0.135. The maximum Gasteiger partial charge on any atom is 0.229 e. The SMILES string of the molecule is CC(C)C(=O)CC(=O)N(C)CCO. The number of hydrogen-bond acceptors (Lipinski definition) is 3. The molecule has 0 rings (SSSR count). The summed E-state index contributed by atoms with van der Waals surface area (Å²) in [5, 5.41) is 8.55. The van der Waals surface area contributed by atoms with Crippen LogP contribution in [0.2, 0.25) is 0 Å². The Morgan fingerprint density at radius 2 is 1.92 bits per heavy atom. The summed E-state index contributed by atoms with van der Waals surface area (Å²) in [7, 11) is 1.58. The van der Waals surface area contributed by atoms with Crippen molar-refractivity contribution in [1.29, 1.82) is 0 Å². The van der Waals surface area contributed by atoms with E-state index in [0.29, 0.717) is 0 Å². The minimum absolute atomic E-state index is 0.0604. The molecule has 0 aromatic heterocycles. The molecule has 0 aromatic rings. The molecular formula is C9H17NO3. The fourth-order valence-corrected chi connectivity index (χ4v) is 0.763. The second-order valence-electron chi connectivity index (χ2n) is 3.34. The molecule has 1 amide bonds. The minimum Gasteiger partial charge on any atom is -0.395 e. The predicted molar refractivity (Wildman–Crippen MR) is 49.2 cm³/mol. The summed E-state index contributed by atoms with van der Waals surface area (Å²) in [4.78, 5) is 23.8. The van der Waals surface area contributed by atoms with E-state index in [-0.39, 0.29) is 37.2 Å². The van der Waals surface area contributed by atoms with Gasteiger partial charge in [0.2, 0.25) is 5.91 Å². The molecule has 0 aliphatic carbocycles. The van der Waals surface area contributed by atoms with Crippen LogP contribution in [-0.4, -0.2) is 41.9 Å². The number of amides is 1. The number of aliphatic hydroxyl groups excluding tert-OH is 1. The monoisotopic (exact) mass is 187 g/mol. The predicted octanol–water partition coefficient (Wildman–Crippen LogP) is 0.0523. The lowest BCUT2D eigenvalue weighted by Gasteiger charge is -2.15. The lowest BCUT2D eigenvalue weighted by Crippen LogP contribution is -2.31. The molecular weight excluding hydrogens is 170 g/mol. The summed E-state index contributed by atoms with van der Waals surface area (Å²) in [6.45, 7) is 3.74. The number of carbonyl (C=O) groups excluding carboxylic acids is 2. The Morgan fingerprint density at radius 3 is 2.31 bits per heavy atom. The third-order valence-corrected chi connectivity index (χ3v) is 1.83. The van der Waals surface area contributed by atoms with Crippen LogP contribution in [0.3, 0.4) is 0 Å². The van der Waals surface area contributed by atoms with Crippen molar-refractivity contribution >= 4 is 11.7 Å². The molecule has 0 atom stereocenters. The first-order valence-corrected chi connectivity index (χ1v) is 4.36. The zero-order valence-corrected chi connectivity index (χ0v) is 8.41. The topological polar surface area (TPSA) is 57.6 Å². The van der Waals surface area contributed by atoms with Crippen LogP contribution in [0.4, 0.5) is 0 Å². The van der Waals surface area contributed by atoms with Gasteiger partial charge in [0.25, 0.3) is 0 Å². The van der Waals surface area contributed by atoms with E-state index >= 15 is 0 Å². The van der Waals surface area contributed by atoms with E-state index in [9.17, 15) is 9.59 Å². The standard InChI is InChI=1S/C9H17NO3/c1-7(2)8(12)6-9(13)10(3)4-5-11/h7,11H,4-6H2,1-3H3. The highest BCUT2D eigenvalue weighted by Gasteiger charge is 2.15. The molecule has 0 spiro atoms. The number of carbonyl (C=O) groups is 2. The summed E-state index contributed by atoms with van der Waals surface area (Å²) < 4.78 is 0. The smallest absolute Gasteiger partial charge is 0.229 e. The normalized spacial score (nSPS) is 10.2. The number of Topliss-reactive ketones (excluding diaryl/α,β-unsaturated/α-hetero) is 1. The molecule has 0 aromatic carbocycles. The van der Waals surface area contributed by atoms with Crippen molar-refractivity contribution in [3.63, 3.8) is 0 Å². The van der Waals surface area contributed by atoms with Gasteiger partial charge in [-0.15, -0.1) is 0 Å². The first-order valence-electron chi connectivity index (χ1n) is 4.36. The van der Waals surface area contributed by atoms with Crippen molar-refractivity contribution in [2.45, 2.75) is 20.3 Å². The van der Waals surface area contributed by atoms with Crippen LogP contribution >= 0.6 is 0 Å². The van der Waals surface area contributed by atoms with Crippen LogP contribution in [0.5, 0.6) is 0 Å². The second-order valence-corrected chi connectivity index (χ2v) is 3.34. The molecule has 13 heavy (non-hydrogen) atoms. The molecule has 1 N–H and O–H groups in total. The van der Waals surface area contributed by atoms with Crippen LogP contribution in [0.25, 0.3) is 0 Å². The number of rotatable bonds is 5. The zero-order valence-electron chi connectivity index (χ0n) is 8.41. The molecule has 4 heteroatoms. The Morgan fingerprint density at radius 1 is 1.38 bits per heavy atom. The molecule has 0 bridgehead atoms. The number of ketones is 1.